The van der Waals surface area contributed by atoms with Crippen LogP contribution in [0.2, 0.25) is 0 Å². The summed E-state index contributed by atoms with van der Waals surface area (Å²) in [7, 11) is 1.81. The average Bonchev–Trinajstić information content (AvgIpc) is 3.51. The van der Waals surface area contributed by atoms with Gasteiger partial charge in [-0.15, -0.1) is 6.58 Å². The second-order valence-electron chi connectivity index (χ2n) is 9.44. The van der Waals surface area contributed by atoms with Gasteiger partial charge in [0.2, 0.25) is 5.43 Å². The number of nitrogens with zero attached hydrogens (tertiary/aromatic N) is 4. The first-order valence-corrected chi connectivity index (χ1v) is 12.9. The van der Waals surface area contributed by atoms with E-state index in [0.29, 0.717) is 45.8 Å². The van der Waals surface area contributed by atoms with Crippen LogP contribution in [-0.4, -0.2) is 31.9 Å². The molecule has 206 valence electrons. The minimum absolute atomic E-state index is 0.0730. The number of nitrogens with two attached hydrogens (primary N) is 1. The van der Waals surface area contributed by atoms with Crippen LogP contribution < -0.4 is 21.9 Å². The lowest BCUT2D eigenvalue weighted by Crippen LogP contribution is -2.32. The smallest absolute Gasteiger partial charge is 0.274 e. The summed E-state index contributed by atoms with van der Waals surface area (Å²) in [6, 6.07) is 13.8. The normalized spacial score (nSPS) is 11.5. The van der Waals surface area contributed by atoms with Gasteiger partial charge in [-0.05, 0) is 31.5 Å². The van der Waals surface area contributed by atoms with Crippen LogP contribution in [0, 0.1) is 18.8 Å². The molecule has 0 spiro atoms. The van der Waals surface area contributed by atoms with Crippen molar-refractivity contribution in [2.45, 2.75) is 19.9 Å². The summed E-state index contributed by atoms with van der Waals surface area (Å²) in [6.07, 6.45) is 5.11. The van der Waals surface area contributed by atoms with Gasteiger partial charge in [0, 0.05) is 25.4 Å². The van der Waals surface area contributed by atoms with Crippen molar-refractivity contribution in [3.05, 3.63) is 112 Å². The van der Waals surface area contributed by atoms with Crippen LogP contribution >= 0.6 is 0 Å². The number of carbonyl (C=O) groups is 1. The number of aryl methyl sites for hydroxylation is 2. The summed E-state index contributed by atoms with van der Waals surface area (Å²) in [6.45, 7) is 7.58. The Morgan fingerprint density at radius 1 is 1.20 bits per heavy atom. The van der Waals surface area contributed by atoms with Crippen LogP contribution in [0.3, 0.4) is 0 Å². The van der Waals surface area contributed by atoms with E-state index in [1.165, 1.54) is 4.68 Å². The molecule has 10 nitrogen and oxygen atoms in total. The van der Waals surface area contributed by atoms with E-state index in [1.54, 1.807) is 55.2 Å². The lowest BCUT2D eigenvalue weighted by Gasteiger charge is -2.19. The molecule has 0 aliphatic heterocycles. The fourth-order valence-electron chi connectivity index (χ4n) is 4.62. The zero-order chi connectivity index (χ0) is 29.1. The molecule has 41 heavy (non-hydrogen) atoms. The summed E-state index contributed by atoms with van der Waals surface area (Å²) < 4.78 is 9.55. The van der Waals surface area contributed by atoms with Crippen LogP contribution in [0.5, 0.6) is 0 Å². The lowest BCUT2D eigenvalue weighted by molar-refractivity contribution is 0.0928. The van der Waals surface area contributed by atoms with Crippen molar-refractivity contribution in [1.82, 2.24) is 24.8 Å². The molecule has 3 aromatic heterocycles. The number of nitrogens with one attached hydrogen (secondary N) is 2. The third kappa shape index (κ3) is 5.33. The fourth-order valence-corrected chi connectivity index (χ4v) is 4.62. The second-order valence-corrected chi connectivity index (χ2v) is 9.44. The molecule has 0 saturated heterocycles. The van der Waals surface area contributed by atoms with Gasteiger partial charge in [0.1, 0.15) is 17.2 Å². The number of carbonyl (C=O) groups excluding carboxylic acids is 1. The number of amides is 1. The molecule has 0 aliphatic carbocycles. The lowest BCUT2D eigenvalue weighted by atomic mass is 9.97. The highest BCUT2D eigenvalue weighted by Gasteiger charge is 2.26. The number of imidazole rings is 1. The summed E-state index contributed by atoms with van der Waals surface area (Å²) in [4.78, 5) is 31.8. The van der Waals surface area contributed by atoms with Crippen molar-refractivity contribution < 1.29 is 9.21 Å². The molecule has 10 heteroatoms. The van der Waals surface area contributed by atoms with E-state index >= 15 is 0 Å². The van der Waals surface area contributed by atoms with Crippen LogP contribution in [0.1, 0.15) is 46.2 Å². The SMILES string of the molecule is C=CCNn1c(C)nc(N)c1C(=O)NC(C)c1oc2cccc(C#Cc3cnn(C)c3)c2c(=O)c1-c1ccccc1. The Morgan fingerprint density at radius 3 is 2.68 bits per heavy atom. The minimum atomic E-state index is -0.706. The molecule has 0 radical (unpaired) electrons. The first kappa shape index (κ1) is 27.0. The topological polar surface area (TPSA) is 133 Å². The quantitative estimate of drug-likeness (QED) is 0.208. The van der Waals surface area contributed by atoms with Crippen molar-refractivity contribution in [2.24, 2.45) is 7.05 Å². The molecule has 2 aromatic carbocycles. The Labute approximate surface area is 236 Å². The molecule has 0 bridgehead atoms. The number of fused-ring (bicyclic) bond motifs is 1. The number of hydrogen-bond acceptors (Lipinski definition) is 7. The maximum absolute atomic E-state index is 14.2. The van der Waals surface area contributed by atoms with Crippen LogP contribution in [0.15, 0.2) is 82.8 Å². The van der Waals surface area contributed by atoms with E-state index in [0.717, 1.165) is 5.56 Å². The van der Waals surface area contributed by atoms with Gasteiger partial charge >= 0.3 is 0 Å². The number of anilines is 1. The van der Waals surface area contributed by atoms with Crippen LogP contribution in [0.4, 0.5) is 5.82 Å². The van der Waals surface area contributed by atoms with Crippen LogP contribution in [-0.2, 0) is 7.05 Å². The summed E-state index contributed by atoms with van der Waals surface area (Å²) in [5.41, 5.74) is 11.6. The Balaban J connectivity index is 1.62. The van der Waals surface area contributed by atoms with E-state index < -0.39 is 11.9 Å². The molecular formula is C31H29N7O3. The molecular weight excluding hydrogens is 518 g/mol. The van der Waals surface area contributed by atoms with Gasteiger partial charge in [0.15, 0.2) is 11.5 Å². The van der Waals surface area contributed by atoms with Gasteiger partial charge in [-0.1, -0.05) is 54.3 Å². The van der Waals surface area contributed by atoms with Crippen molar-refractivity contribution in [2.75, 3.05) is 17.7 Å². The third-order valence-electron chi connectivity index (χ3n) is 6.48. The number of benzene rings is 2. The molecule has 0 aliphatic rings. The van der Waals surface area contributed by atoms with Gasteiger partial charge < -0.3 is 20.9 Å². The largest absolute Gasteiger partial charge is 0.458 e. The Kier molecular flexibility index (Phi) is 7.43. The fraction of sp³-hybridized carbons (Fsp3) is 0.161. The molecule has 3 heterocycles. The average molecular weight is 548 g/mol. The Morgan fingerprint density at radius 2 is 1.98 bits per heavy atom. The predicted molar refractivity (Wildman–Crippen MR) is 159 cm³/mol. The van der Waals surface area contributed by atoms with Gasteiger partial charge in [0.25, 0.3) is 5.91 Å². The monoisotopic (exact) mass is 547 g/mol. The Hall–Kier alpha value is -5.56. The second kappa shape index (κ2) is 11.3. The van der Waals surface area contributed by atoms with E-state index in [4.69, 9.17) is 10.2 Å². The molecule has 4 N–H and O–H groups in total. The summed E-state index contributed by atoms with van der Waals surface area (Å²) in [5.74, 6) is 6.58. The molecule has 1 unspecified atom stereocenters. The zero-order valence-corrected chi connectivity index (χ0v) is 22.9. The molecule has 1 atom stereocenters. The predicted octanol–water partition coefficient (Wildman–Crippen LogP) is 3.90. The summed E-state index contributed by atoms with van der Waals surface area (Å²) >= 11 is 0. The number of hydrogen-bond donors (Lipinski definition) is 3. The highest BCUT2D eigenvalue weighted by Crippen LogP contribution is 2.30. The van der Waals surface area contributed by atoms with Gasteiger partial charge in [-0.3, -0.25) is 14.3 Å². The van der Waals surface area contributed by atoms with E-state index in [9.17, 15) is 9.59 Å². The van der Waals surface area contributed by atoms with Gasteiger partial charge in [0.05, 0.1) is 28.8 Å². The molecule has 0 fully saturated rings. The van der Waals surface area contributed by atoms with Crippen molar-refractivity contribution in [1.29, 1.82) is 0 Å². The van der Waals surface area contributed by atoms with Crippen molar-refractivity contribution >= 4 is 22.7 Å². The van der Waals surface area contributed by atoms with Crippen molar-refractivity contribution in [3.8, 4) is 23.0 Å². The number of aromatic nitrogens is 4. The Bertz CT molecular complexity index is 1890. The number of rotatable bonds is 7. The van der Waals surface area contributed by atoms with Gasteiger partial charge in [-0.2, -0.15) is 5.10 Å². The van der Waals surface area contributed by atoms with E-state index in [2.05, 4.69) is 39.2 Å². The molecule has 1 amide bonds. The maximum Gasteiger partial charge on any atom is 0.274 e. The molecule has 5 aromatic rings. The first-order chi connectivity index (χ1) is 19.8. The van der Waals surface area contributed by atoms with Crippen molar-refractivity contribution in [3.63, 3.8) is 0 Å². The number of nitrogen functional groups attached to an aromatic ring is 1. The zero-order valence-electron chi connectivity index (χ0n) is 22.9. The van der Waals surface area contributed by atoms with E-state index in [-0.39, 0.29) is 16.9 Å². The van der Waals surface area contributed by atoms with E-state index in [1.807, 2.05) is 37.4 Å². The maximum atomic E-state index is 14.2. The standard InChI is InChI=1S/C31H29N7O3/c1-5-16-33-38-20(3)36-30(32)27(38)31(40)35-19(2)29-26(22-10-7-6-8-11-22)28(39)25-23(12-9-13-24(25)41-29)15-14-21-17-34-37(4)18-21/h5-13,17-19,33H,1,16,32H2,2-4H3,(H,35,40). The minimum Gasteiger partial charge on any atom is -0.458 e. The molecule has 5 rings (SSSR count). The van der Waals surface area contributed by atoms with Crippen LogP contribution in [0.25, 0.3) is 22.1 Å². The molecule has 0 saturated carbocycles. The highest BCUT2D eigenvalue weighted by molar-refractivity contribution is 5.97. The highest BCUT2D eigenvalue weighted by atomic mass is 16.3. The van der Waals surface area contributed by atoms with Gasteiger partial charge in [-0.25, -0.2) is 9.66 Å². The first-order valence-electron chi connectivity index (χ1n) is 12.9. The third-order valence-corrected chi connectivity index (χ3v) is 6.48. The summed E-state index contributed by atoms with van der Waals surface area (Å²) in [5, 5.41) is 7.44.